The van der Waals surface area contributed by atoms with Crippen molar-refractivity contribution in [1.29, 1.82) is 0 Å². The van der Waals surface area contributed by atoms with Gasteiger partial charge in [-0.2, -0.15) is 23.3 Å². The monoisotopic (exact) mass is 424 g/mol. The van der Waals surface area contributed by atoms with Crippen molar-refractivity contribution in [2.24, 2.45) is 5.92 Å². The van der Waals surface area contributed by atoms with Gasteiger partial charge >= 0.3 is 26.2 Å². The minimum atomic E-state index is 0. The molecule has 0 bridgehead atoms. The van der Waals surface area contributed by atoms with Gasteiger partial charge in [0.15, 0.2) is 0 Å². The Labute approximate surface area is 172 Å². The molecule has 2 aromatic rings. The van der Waals surface area contributed by atoms with Crippen molar-refractivity contribution < 1.29 is 51.0 Å². The van der Waals surface area contributed by atoms with Crippen LogP contribution in [0.4, 0.5) is 0 Å². The molecule has 3 rings (SSSR count). The molecule has 1 aliphatic carbocycles. The van der Waals surface area contributed by atoms with Crippen molar-refractivity contribution in [1.82, 2.24) is 0 Å². The molecule has 3 heteroatoms. The fraction of sp³-hybridized carbons (Fsp3) is 0.350. The summed E-state index contributed by atoms with van der Waals surface area (Å²) in [5, 5.41) is 2.79. The largest absolute Gasteiger partial charge is 4.00 e. The Bertz CT molecular complexity index is 657. The summed E-state index contributed by atoms with van der Waals surface area (Å²) in [4.78, 5) is 0. The fourth-order valence-electron chi connectivity index (χ4n) is 2.70. The van der Waals surface area contributed by atoms with Gasteiger partial charge in [-0.1, -0.05) is 45.2 Å². The van der Waals surface area contributed by atoms with E-state index in [9.17, 15) is 0 Å². The Hall–Kier alpha value is -0.227. The second-order valence-corrected chi connectivity index (χ2v) is 5.85. The zero-order valence-corrected chi connectivity index (χ0v) is 18.7. The summed E-state index contributed by atoms with van der Waals surface area (Å²) in [6, 6.07) is 10.8. The third-order valence-electron chi connectivity index (χ3n) is 4.49. The van der Waals surface area contributed by atoms with E-state index in [1.807, 2.05) is 0 Å². The van der Waals surface area contributed by atoms with Crippen molar-refractivity contribution in [3.05, 3.63) is 64.3 Å². The first kappa shape index (κ1) is 25.0. The Kier molecular flexibility index (Phi) is 11.5. The SMILES string of the molecule is CC1=[C-]C(C)C(C)=C1C.Cc1ccc(C)c2[cH-]ccc12.[Cl-].[Cl-].[Zr+4]. The number of fused-ring (bicyclic) bond motifs is 1. The molecule has 0 fully saturated rings. The molecule has 1 unspecified atom stereocenters. The van der Waals surface area contributed by atoms with Crippen LogP contribution in [-0.4, -0.2) is 0 Å². The van der Waals surface area contributed by atoms with E-state index >= 15 is 0 Å². The molecule has 0 amide bonds. The molecule has 0 radical (unpaired) electrons. The summed E-state index contributed by atoms with van der Waals surface area (Å²) in [6.45, 7) is 13.0. The van der Waals surface area contributed by atoms with Crippen LogP contribution in [-0.2, 0) is 26.2 Å². The maximum atomic E-state index is 3.36. The number of benzene rings is 1. The molecule has 0 spiro atoms. The number of hydrogen-bond donors (Lipinski definition) is 0. The first-order valence-electron chi connectivity index (χ1n) is 7.31. The van der Waals surface area contributed by atoms with E-state index in [1.165, 1.54) is 38.6 Å². The van der Waals surface area contributed by atoms with Crippen LogP contribution in [0.25, 0.3) is 10.8 Å². The van der Waals surface area contributed by atoms with Crippen LogP contribution < -0.4 is 24.8 Å². The third kappa shape index (κ3) is 5.66. The van der Waals surface area contributed by atoms with Gasteiger partial charge in [-0.15, -0.1) is 35.4 Å². The van der Waals surface area contributed by atoms with E-state index < -0.39 is 0 Å². The normalized spacial score (nSPS) is 15.7. The summed E-state index contributed by atoms with van der Waals surface area (Å²) >= 11 is 0. The molecule has 23 heavy (non-hydrogen) atoms. The molecule has 0 saturated carbocycles. The van der Waals surface area contributed by atoms with E-state index in [4.69, 9.17) is 0 Å². The quantitative estimate of drug-likeness (QED) is 0.517. The van der Waals surface area contributed by atoms with Gasteiger partial charge in [0.25, 0.3) is 0 Å². The predicted octanol–water partition coefficient (Wildman–Crippen LogP) is -0.0970. The Morgan fingerprint density at radius 3 is 1.87 bits per heavy atom. The summed E-state index contributed by atoms with van der Waals surface area (Å²) in [7, 11) is 0. The molecule has 0 aliphatic heterocycles. The first-order chi connectivity index (χ1) is 9.41. The maximum absolute atomic E-state index is 3.36. The third-order valence-corrected chi connectivity index (χ3v) is 4.49. The summed E-state index contributed by atoms with van der Waals surface area (Å²) in [5.74, 6) is 0.560. The number of hydrogen-bond acceptors (Lipinski definition) is 0. The molecule has 122 valence electrons. The van der Waals surface area contributed by atoms with E-state index in [-0.39, 0.29) is 51.0 Å². The minimum absolute atomic E-state index is 0. The van der Waals surface area contributed by atoms with Crippen LogP contribution in [0.3, 0.4) is 0 Å². The molecule has 0 saturated heterocycles. The zero-order chi connectivity index (χ0) is 14.9. The minimum Gasteiger partial charge on any atom is -1.00 e. The van der Waals surface area contributed by atoms with Crippen LogP contribution in [0.1, 0.15) is 38.8 Å². The molecule has 0 aromatic heterocycles. The average molecular weight is 427 g/mol. The van der Waals surface area contributed by atoms with Crippen molar-refractivity contribution >= 4 is 10.8 Å². The molecule has 0 N–H and O–H groups in total. The van der Waals surface area contributed by atoms with Gasteiger partial charge in [-0.25, -0.2) is 5.57 Å². The van der Waals surface area contributed by atoms with E-state index in [0.717, 1.165) is 0 Å². The van der Waals surface area contributed by atoms with Gasteiger partial charge in [-0.05, 0) is 6.92 Å². The van der Waals surface area contributed by atoms with Gasteiger partial charge in [0.2, 0.25) is 0 Å². The van der Waals surface area contributed by atoms with Gasteiger partial charge < -0.3 is 24.8 Å². The van der Waals surface area contributed by atoms with Crippen molar-refractivity contribution in [3.63, 3.8) is 0 Å². The smallest absolute Gasteiger partial charge is 1.00 e. The molecule has 0 heterocycles. The Morgan fingerprint density at radius 2 is 1.48 bits per heavy atom. The van der Waals surface area contributed by atoms with Crippen LogP contribution >= 0.6 is 0 Å². The molecule has 0 nitrogen and oxygen atoms in total. The van der Waals surface area contributed by atoms with Crippen molar-refractivity contribution in [2.45, 2.75) is 41.5 Å². The second-order valence-electron chi connectivity index (χ2n) is 5.85. The summed E-state index contributed by atoms with van der Waals surface area (Å²) in [5.41, 5.74) is 6.99. The molecule has 1 atom stereocenters. The average Bonchev–Trinajstić information content (AvgIpc) is 2.99. The van der Waals surface area contributed by atoms with E-state index in [1.54, 1.807) is 0 Å². The van der Waals surface area contributed by atoms with Crippen LogP contribution in [0.2, 0.25) is 0 Å². The molecule has 2 aromatic carbocycles. The summed E-state index contributed by atoms with van der Waals surface area (Å²) in [6.07, 6.45) is 3.36. The number of allylic oxidation sites excluding steroid dienone is 4. The summed E-state index contributed by atoms with van der Waals surface area (Å²) < 4.78 is 0. The van der Waals surface area contributed by atoms with Crippen molar-refractivity contribution in [3.8, 4) is 0 Å². The van der Waals surface area contributed by atoms with Crippen molar-refractivity contribution in [2.75, 3.05) is 0 Å². The molecular weight excluding hydrogens is 402 g/mol. The second kappa shape index (κ2) is 10.6. The number of aryl methyl sites for hydroxylation is 2. The van der Waals surface area contributed by atoms with Crippen LogP contribution in [0, 0.1) is 25.8 Å². The fourth-order valence-corrected chi connectivity index (χ4v) is 2.70. The predicted molar refractivity (Wildman–Crippen MR) is 89.0 cm³/mol. The Balaban J connectivity index is 0. The van der Waals surface area contributed by atoms with E-state index in [0.29, 0.717) is 5.92 Å². The zero-order valence-electron chi connectivity index (χ0n) is 14.7. The van der Waals surface area contributed by atoms with Gasteiger partial charge in [0, 0.05) is 0 Å². The molecule has 1 aliphatic rings. The van der Waals surface area contributed by atoms with Gasteiger partial charge in [0.05, 0.1) is 0 Å². The maximum Gasteiger partial charge on any atom is 4.00 e. The van der Waals surface area contributed by atoms with Crippen LogP contribution in [0.5, 0.6) is 0 Å². The van der Waals surface area contributed by atoms with Crippen LogP contribution in [0.15, 0.2) is 47.1 Å². The number of rotatable bonds is 0. The number of halogens is 2. The topological polar surface area (TPSA) is 0 Å². The standard InChI is InChI=1S/C11H11.C9H13.2ClH.Zr/c1-8-6-7-9(2)11-5-3-4-10(8)11;1-6-5-7(2)9(4)8(6)3;;;/h3-7H,1-2H3;6H,1-4H3;2*1H;/q2*-1;;;+4/p-2. The first-order valence-corrected chi connectivity index (χ1v) is 7.31. The van der Waals surface area contributed by atoms with Gasteiger partial charge in [-0.3, -0.25) is 6.08 Å². The van der Waals surface area contributed by atoms with E-state index in [2.05, 4.69) is 78.0 Å². The molecular formula is C20H24Cl2Zr. The Morgan fingerprint density at radius 1 is 0.913 bits per heavy atom. The van der Waals surface area contributed by atoms with Gasteiger partial charge in [0.1, 0.15) is 0 Å².